The van der Waals surface area contributed by atoms with Crippen molar-refractivity contribution in [3.63, 3.8) is 0 Å². The van der Waals surface area contributed by atoms with E-state index in [9.17, 15) is 0 Å². The normalized spacial score (nSPS) is 13.5. The second-order valence-electron chi connectivity index (χ2n) is 6.67. The summed E-state index contributed by atoms with van der Waals surface area (Å²) in [4.78, 5) is 0. The fourth-order valence-electron chi connectivity index (χ4n) is 3.20. The summed E-state index contributed by atoms with van der Waals surface area (Å²) in [6, 6.07) is 16.2. The van der Waals surface area contributed by atoms with E-state index < -0.39 is 11.8 Å². The fraction of sp³-hybridized carbons (Fsp3) is 0.318. The van der Waals surface area contributed by atoms with Gasteiger partial charge < -0.3 is 0 Å². The van der Waals surface area contributed by atoms with E-state index in [1.807, 2.05) is 83.5 Å². The minimum absolute atomic E-state index is 0.770. The third-order valence-electron chi connectivity index (χ3n) is 4.39. The maximum absolute atomic E-state index is 8.66. The first-order valence-corrected chi connectivity index (χ1v) is 8.37. The second kappa shape index (κ2) is 6.64. The van der Waals surface area contributed by atoms with Gasteiger partial charge in [0.1, 0.15) is 18.1 Å². The first-order chi connectivity index (χ1) is 12.1. The van der Waals surface area contributed by atoms with Crippen LogP contribution in [0.5, 0.6) is 0 Å². The minimum Gasteiger partial charge on any atom is -0.232 e. The Labute approximate surface area is 148 Å². The van der Waals surface area contributed by atoms with E-state index in [0.29, 0.717) is 0 Å². The standard InChI is InChI=1S/C22H27N2/c1-16(2)19-12-9-13-20(17(3)4)21(19)24-15-14-23(5)22(24)18-10-7-6-8-11-18/h6-17H,1-5H3/q+1/i16D,17D. The Hall–Kier alpha value is -2.35. The maximum Gasteiger partial charge on any atom is 0.293 e. The van der Waals surface area contributed by atoms with Crippen molar-refractivity contribution in [1.29, 1.82) is 0 Å². The van der Waals surface area contributed by atoms with Crippen molar-refractivity contribution in [3.05, 3.63) is 72.1 Å². The zero-order valence-electron chi connectivity index (χ0n) is 17.2. The van der Waals surface area contributed by atoms with Crippen molar-refractivity contribution >= 4 is 0 Å². The summed E-state index contributed by atoms with van der Waals surface area (Å²) in [5.74, 6) is -0.506. The van der Waals surface area contributed by atoms with Gasteiger partial charge in [-0.3, -0.25) is 0 Å². The van der Waals surface area contributed by atoms with Crippen molar-refractivity contribution < 1.29 is 7.31 Å². The largest absolute Gasteiger partial charge is 0.293 e. The highest BCUT2D eigenvalue weighted by molar-refractivity contribution is 5.60. The van der Waals surface area contributed by atoms with Crippen LogP contribution in [0, 0.1) is 0 Å². The fourth-order valence-corrected chi connectivity index (χ4v) is 3.20. The van der Waals surface area contributed by atoms with Crippen LogP contribution in [0.1, 0.15) is 53.4 Å². The lowest BCUT2D eigenvalue weighted by atomic mass is 9.92. The molecule has 0 bridgehead atoms. The topological polar surface area (TPSA) is 8.81 Å². The molecule has 0 saturated carbocycles. The van der Waals surface area contributed by atoms with Gasteiger partial charge in [0, 0.05) is 13.9 Å². The monoisotopic (exact) mass is 321 g/mol. The second-order valence-corrected chi connectivity index (χ2v) is 6.67. The van der Waals surface area contributed by atoms with E-state index in [2.05, 4.69) is 21.3 Å². The number of imidazole rings is 1. The Balaban J connectivity index is 2.39. The number of para-hydroxylation sites is 1. The Morgan fingerprint density at radius 1 is 0.875 bits per heavy atom. The molecular weight excluding hydrogens is 292 g/mol. The number of benzene rings is 2. The van der Waals surface area contributed by atoms with E-state index in [4.69, 9.17) is 2.74 Å². The molecule has 0 radical (unpaired) electrons. The van der Waals surface area contributed by atoms with Gasteiger partial charge >= 0.3 is 0 Å². The zero-order chi connectivity index (χ0) is 19.1. The molecule has 124 valence electrons. The number of hydrogen-bond acceptors (Lipinski definition) is 0. The van der Waals surface area contributed by atoms with Gasteiger partial charge in [0.25, 0.3) is 5.82 Å². The van der Waals surface area contributed by atoms with Crippen LogP contribution in [-0.2, 0) is 7.05 Å². The molecule has 0 N–H and O–H groups in total. The van der Waals surface area contributed by atoms with E-state index in [0.717, 1.165) is 28.2 Å². The Morgan fingerprint density at radius 2 is 1.46 bits per heavy atom. The molecule has 0 spiro atoms. The third kappa shape index (κ3) is 2.89. The van der Waals surface area contributed by atoms with E-state index in [1.54, 1.807) is 0 Å². The molecule has 0 unspecified atom stereocenters. The number of rotatable bonds is 4. The highest BCUT2D eigenvalue weighted by atomic mass is 15.1. The van der Waals surface area contributed by atoms with Crippen molar-refractivity contribution in [2.75, 3.05) is 0 Å². The minimum atomic E-state index is -0.770. The van der Waals surface area contributed by atoms with Gasteiger partial charge in [-0.05, 0) is 23.9 Å². The molecule has 3 aromatic rings. The zero-order valence-corrected chi connectivity index (χ0v) is 15.2. The molecule has 1 aromatic heterocycles. The quantitative estimate of drug-likeness (QED) is 0.583. The molecule has 0 atom stereocenters. The van der Waals surface area contributed by atoms with Gasteiger partial charge in [-0.1, -0.05) is 64.1 Å². The predicted molar refractivity (Wildman–Crippen MR) is 101 cm³/mol. The van der Waals surface area contributed by atoms with E-state index >= 15 is 0 Å². The number of aryl methyl sites for hydroxylation is 1. The van der Waals surface area contributed by atoms with Crippen LogP contribution in [-0.4, -0.2) is 4.57 Å². The van der Waals surface area contributed by atoms with E-state index in [-0.39, 0.29) is 0 Å². The lowest BCUT2D eigenvalue weighted by Crippen LogP contribution is -2.29. The average Bonchev–Trinajstić information content (AvgIpc) is 2.94. The van der Waals surface area contributed by atoms with Crippen LogP contribution < -0.4 is 4.57 Å². The summed E-state index contributed by atoms with van der Waals surface area (Å²) in [6.07, 6.45) is 4.05. The van der Waals surface area contributed by atoms with Crippen LogP contribution in [0.2, 0.25) is 0 Å². The molecule has 0 amide bonds. The van der Waals surface area contributed by atoms with Crippen LogP contribution >= 0.6 is 0 Å². The Morgan fingerprint density at radius 3 is 2.00 bits per heavy atom. The highest BCUT2D eigenvalue weighted by Gasteiger charge is 2.25. The molecule has 2 aromatic carbocycles. The highest BCUT2D eigenvalue weighted by Crippen LogP contribution is 2.33. The average molecular weight is 321 g/mol. The number of nitrogens with zero attached hydrogens (tertiary/aromatic N) is 2. The lowest BCUT2D eigenvalue weighted by Gasteiger charge is -2.17. The predicted octanol–water partition coefficient (Wildman–Crippen LogP) is 5.22. The number of aromatic nitrogens is 2. The lowest BCUT2D eigenvalue weighted by molar-refractivity contribution is -0.659. The maximum atomic E-state index is 8.66. The van der Waals surface area contributed by atoms with Gasteiger partial charge in [0.05, 0.1) is 12.6 Å². The SMILES string of the molecule is [2H]C(C)(C)c1cccc(C([2H])(C)C)c1-n1cc[n+](C)c1-c1ccccc1. The molecule has 0 aliphatic carbocycles. The van der Waals surface area contributed by atoms with E-state index in [1.165, 1.54) is 0 Å². The first-order valence-electron chi connectivity index (χ1n) is 9.37. The molecule has 2 heteroatoms. The third-order valence-corrected chi connectivity index (χ3v) is 4.39. The molecular formula is C22H27N2+. The Kier molecular flexibility index (Phi) is 3.88. The summed E-state index contributed by atoms with van der Waals surface area (Å²) in [7, 11) is 2.03. The van der Waals surface area contributed by atoms with Crippen molar-refractivity contribution in [2.45, 2.75) is 39.5 Å². The molecule has 1 heterocycles. The first kappa shape index (κ1) is 14.0. The van der Waals surface area contributed by atoms with Gasteiger partial charge in [-0.25, -0.2) is 4.57 Å². The number of hydrogen-bond donors (Lipinski definition) is 0. The molecule has 0 saturated heterocycles. The van der Waals surface area contributed by atoms with Crippen LogP contribution in [0.15, 0.2) is 60.9 Å². The van der Waals surface area contributed by atoms with Crippen molar-refractivity contribution in [2.24, 2.45) is 7.05 Å². The smallest absolute Gasteiger partial charge is 0.232 e. The molecule has 0 aliphatic rings. The van der Waals surface area contributed by atoms with Gasteiger partial charge in [-0.15, -0.1) is 0 Å². The molecule has 0 aliphatic heterocycles. The van der Waals surface area contributed by atoms with Gasteiger partial charge in [-0.2, -0.15) is 4.57 Å². The molecule has 2 nitrogen and oxygen atoms in total. The van der Waals surface area contributed by atoms with Crippen molar-refractivity contribution in [1.82, 2.24) is 4.57 Å². The molecule has 0 fully saturated rings. The summed E-state index contributed by atoms with van der Waals surface area (Å²) in [5.41, 5.74) is 3.88. The summed E-state index contributed by atoms with van der Waals surface area (Å²) in [6.45, 7) is 7.60. The van der Waals surface area contributed by atoms with Crippen molar-refractivity contribution in [3.8, 4) is 17.1 Å². The molecule has 3 rings (SSSR count). The summed E-state index contributed by atoms with van der Waals surface area (Å²) >= 11 is 0. The van der Waals surface area contributed by atoms with Crippen LogP contribution in [0.25, 0.3) is 17.1 Å². The van der Waals surface area contributed by atoms with Gasteiger partial charge in [0.15, 0.2) is 0 Å². The van der Waals surface area contributed by atoms with Gasteiger partial charge in [0.2, 0.25) is 0 Å². The summed E-state index contributed by atoms with van der Waals surface area (Å²) < 4.78 is 21.5. The van der Waals surface area contributed by atoms with Crippen LogP contribution in [0.4, 0.5) is 0 Å². The Bertz CT molecular complexity index is 881. The summed E-state index contributed by atoms with van der Waals surface area (Å²) in [5, 5.41) is 0. The van der Waals surface area contributed by atoms with Crippen LogP contribution in [0.3, 0.4) is 0 Å². The molecule has 24 heavy (non-hydrogen) atoms.